The Morgan fingerprint density at radius 1 is 1.00 bits per heavy atom. The predicted octanol–water partition coefficient (Wildman–Crippen LogP) is 4.59. The van der Waals surface area contributed by atoms with Crippen LogP contribution in [0.15, 0.2) is 71.7 Å². The zero-order valence-electron chi connectivity index (χ0n) is 19.7. The molecule has 0 bridgehead atoms. The van der Waals surface area contributed by atoms with Gasteiger partial charge in [0.15, 0.2) is 11.5 Å². The maximum atomic E-state index is 12.7. The quantitative estimate of drug-likeness (QED) is 0.611. The third kappa shape index (κ3) is 4.17. The van der Waals surface area contributed by atoms with Gasteiger partial charge < -0.3 is 19.7 Å². The molecule has 3 aromatic carbocycles. The second-order valence-electron chi connectivity index (χ2n) is 8.90. The van der Waals surface area contributed by atoms with Gasteiger partial charge >= 0.3 is 0 Å². The van der Waals surface area contributed by atoms with E-state index in [-0.39, 0.29) is 11.9 Å². The second-order valence-corrected chi connectivity index (χ2v) is 8.90. The minimum atomic E-state index is -0.134. The zero-order valence-corrected chi connectivity index (χ0v) is 19.7. The van der Waals surface area contributed by atoms with Crippen molar-refractivity contribution in [1.29, 1.82) is 0 Å². The van der Waals surface area contributed by atoms with Crippen LogP contribution < -0.4 is 14.8 Å². The minimum Gasteiger partial charge on any atom is -0.493 e. The van der Waals surface area contributed by atoms with E-state index >= 15 is 0 Å². The average Bonchev–Trinajstić information content (AvgIpc) is 2.88. The molecule has 2 aliphatic rings. The fourth-order valence-electron chi connectivity index (χ4n) is 4.97. The highest BCUT2D eigenvalue weighted by Crippen LogP contribution is 2.42. The molecule has 0 spiro atoms. The molecule has 1 fully saturated rings. The van der Waals surface area contributed by atoms with Crippen molar-refractivity contribution in [3.05, 3.63) is 89.0 Å². The second kappa shape index (κ2) is 9.31. The van der Waals surface area contributed by atoms with Gasteiger partial charge in [0.25, 0.3) is 5.91 Å². The van der Waals surface area contributed by atoms with Crippen LogP contribution in [-0.2, 0) is 0 Å². The van der Waals surface area contributed by atoms with Gasteiger partial charge in [-0.3, -0.25) is 9.79 Å². The monoisotopic (exact) mass is 455 g/mol. The number of carbonyl (C=O) groups excluding carboxylic acids is 1. The summed E-state index contributed by atoms with van der Waals surface area (Å²) in [6, 6.07) is 21.5. The van der Waals surface area contributed by atoms with Gasteiger partial charge in [0.2, 0.25) is 0 Å². The molecule has 0 unspecified atom stereocenters. The summed E-state index contributed by atoms with van der Waals surface area (Å²) in [5.74, 6) is 1.59. The first-order chi connectivity index (χ1) is 16.6. The Morgan fingerprint density at radius 2 is 1.76 bits per heavy atom. The molecular weight excluding hydrogens is 426 g/mol. The number of nitrogens with zero attached hydrogens (tertiary/aromatic N) is 2. The first-order valence-electron chi connectivity index (χ1n) is 11.6. The Hall–Kier alpha value is -3.64. The predicted molar refractivity (Wildman–Crippen MR) is 135 cm³/mol. The molecule has 1 saturated heterocycles. The minimum absolute atomic E-state index is 0.134. The van der Waals surface area contributed by atoms with Crippen molar-refractivity contribution in [2.75, 3.05) is 39.7 Å². The Kier molecular flexibility index (Phi) is 6.07. The van der Waals surface area contributed by atoms with Gasteiger partial charge in [-0.2, -0.15) is 0 Å². The molecule has 3 aromatic rings. The first kappa shape index (κ1) is 22.2. The number of piperidine rings is 1. The van der Waals surface area contributed by atoms with E-state index in [2.05, 4.69) is 23.3 Å². The molecule has 1 N–H and O–H groups in total. The molecule has 0 radical (unpaired) electrons. The number of amides is 1. The number of fused-ring (bicyclic) bond motifs is 3. The molecule has 2 atom stereocenters. The molecule has 1 amide bonds. The summed E-state index contributed by atoms with van der Waals surface area (Å²) < 4.78 is 11.3. The summed E-state index contributed by atoms with van der Waals surface area (Å²) in [7, 11) is 5.49. The van der Waals surface area contributed by atoms with Gasteiger partial charge in [0.05, 0.1) is 26.0 Å². The van der Waals surface area contributed by atoms with Crippen LogP contribution in [0.25, 0.3) is 0 Å². The van der Waals surface area contributed by atoms with Crippen molar-refractivity contribution in [3.63, 3.8) is 0 Å². The smallest absolute Gasteiger partial charge is 0.255 e. The number of nitrogens with one attached hydrogen (secondary N) is 1. The van der Waals surface area contributed by atoms with E-state index in [0.717, 1.165) is 47.8 Å². The molecular formula is C28H29N3O3. The lowest BCUT2D eigenvalue weighted by Crippen LogP contribution is -2.41. The Labute approximate surface area is 200 Å². The number of likely N-dealkylation sites (N-methyl/N-ethyl adjacent to an activating group) is 1. The number of ether oxygens (including phenoxy) is 2. The van der Waals surface area contributed by atoms with E-state index in [1.54, 1.807) is 26.4 Å². The number of likely N-dealkylation sites (tertiary alicyclic amines) is 1. The van der Waals surface area contributed by atoms with E-state index in [1.165, 1.54) is 5.56 Å². The summed E-state index contributed by atoms with van der Waals surface area (Å²) in [6.45, 7) is 1.98. The summed E-state index contributed by atoms with van der Waals surface area (Å²) in [5, 5.41) is 3.02. The Bertz CT molecular complexity index is 1240. The summed E-state index contributed by atoms with van der Waals surface area (Å²) in [4.78, 5) is 20.3. The van der Waals surface area contributed by atoms with E-state index in [4.69, 9.17) is 14.5 Å². The SMILES string of the molecule is COc1cc2c(cc1OC)[C@H]1CN(C)CC[C@H]1N=C2c1cccc(NC(=O)c2ccccc2)c1. The van der Waals surface area contributed by atoms with Gasteiger partial charge in [-0.1, -0.05) is 30.3 Å². The van der Waals surface area contributed by atoms with Crippen LogP contribution in [0.2, 0.25) is 0 Å². The van der Waals surface area contributed by atoms with Crippen LogP contribution in [0.1, 0.15) is 39.4 Å². The molecule has 0 aliphatic carbocycles. The lowest BCUT2D eigenvalue weighted by Gasteiger charge is -2.39. The van der Waals surface area contributed by atoms with Gasteiger partial charge in [0.1, 0.15) is 0 Å². The van der Waals surface area contributed by atoms with E-state index < -0.39 is 0 Å². The third-order valence-electron chi connectivity index (χ3n) is 6.71. The molecule has 5 rings (SSSR count). The number of hydrogen-bond acceptors (Lipinski definition) is 5. The molecule has 2 aliphatic heterocycles. The van der Waals surface area contributed by atoms with E-state index in [9.17, 15) is 4.79 Å². The van der Waals surface area contributed by atoms with Crippen LogP contribution in [0.4, 0.5) is 5.69 Å². The molecule has 174 valence electrons. The summed E-state index contributed by atoms with van der Waals surface area (Å²) >= 11 is 0. The number of anilines is 1. The fourth-order valence-corrected chi connectivity index (χ4v) is 4.97. The highest BCUT2D eigenvalue weighted by atomic mass is 16.5. The van der Waals surface area contributed by atoms with Crippen molar-refractivity contribution in [1.82, 2.24) is 4.90 Å². The molecule has 0 aromatic heterocycles. The number of benzene rings is 3. The number of hydrogen-bond donors (Lipinski definition) is 1. The Morgan fingerprint density at radius 3 is 2.53 bits per heavy atom. The highest BCUT2D eigenvalue weighted by Gasteiger charge is 2.36. The van der Waals surface area contributed by atoms with Crippen molar-refractivity contribution >= 4 is 17.3 Å². The maximum absolute atomic E-state index is 12.7. The van der Waals surface area contributed by atoms with E-state index in [0.29, 0.717) is 17.2 Å². The lowest BCUT2D eigenvalue weighted by molar-refractivity contribution is 0.102. The number of aliphatic imine (C=N–C) groups is 1. The van der Waals surface area contributed by atoms with Gasteiger partial charge in [-0.05, 0) is 62.0 Å². The third-order valence-corrected chi connectivity index (χ3v) is 6.71. The molecule has 0 saturated carbocycles. The van der Waals surface area contributed by atoms with Crippen LogP contribution in [0.3, 0.4) is 0 Å². The Balaban J connectivity index is 1.55. The summed E-state index contributed by atoms with van der Waals surface area (Å²) in [5.41, 5.74) is 5.55. The van der Waals surface area contributed by atoms with Crippen LogP contribution in [-0.4, -0.2) is 56.9 Å². The molecule has 6 nitrogen and oxygen atoms in total. The standard InChI is InChI=1S/C28H29N3O3/c1-31-13-12-24-23(17-31)21-15-25(33-2)26(34-3)16-22(21)27(30-24)19-10-7-11-20(14-19)29-28(32)18-8-5-4-6-9-18/h4-11,14-16,23-24H,12-13,17H2,1-3H3,(H,29,32)/t23-,24-/m1/s1. The normalized spacial score (nSPS) is 19.4. The van der Waals surface area contributed by atoms with Crippen molar-refractivity contribution in [2.45, 2.75) is 18.4 Å². The van der Waals surface area contributed by atoms with Gasteiger partial charge in [-0.25, -0.2) is 0 Å². The maximum Gasteiger partial charge on any atom is 0.255 e. The van der Waals surface area contributed by atoms with E-state index in [1.807, 2.05) is 48.5 Å². The zero-order chi connectivity index (χ0) is 23.7. The summed E-state index contributed by atoms with van der Waals surface area (Å²) in [6.07, 6.45) is 1.00. The number of methoxy groups -OCH3 is 2. The van der Waals surface area contributed by atoms with Crippen LogP contribution in [0, 0.1) is 0 Å². The highest BCUT2D eigenvalue weighted by molar-refractivity contribution is 6.15. The first-order valence-corrected chi connectivity index (χ1v) is 11.6. The number of rotatable bonds is 5. The lowest BCUT2D eigenvalue weighted by atomic mass is 9.79. The molecule has 6 heteroatoms. The topological polar surface area (TPSA) is 63.2 Å². The van der Waals surface area contributed by atoms with Gasteiger partial charge in [0, 0.05) is 34.8 Å². The molecule has 2 heterocycles. The van der Waals surface area contributed by atoms with Crippen molar-refractivity contribution in [3.8, 4) is 11.5 Å². The van der Waals surface area contributed by atoms with Crippen LogP contribution in [0.5, 0.6) is 11.5 Å². The van der Waals surface area contributed by atoms with Crippen molar-refractivity contribution < 1.29 is 14.3 Å². The van der Waals surface area contributed by atoms with Crippen molar-refractivity contribution in [2.24, 2.45) is 4.99 Å². The fraction of sp³-hybridized carbons (Fsp3) is 0.286. The van der Waals surface area contributed by atoms with Gasteiger partial charge in [-0.15, -0.1) is 0 Å². The van der Waals surface area contributed by atoms with Crippen LogP contribution >= 0.6 is 0 Å². The number of carbonyl (C=O) groups is 1. The average molecular weight is 456 g/mol. The largest absolute Gasteiger partial charge is 0.493 e. The molecule has 34 heavy (non-hydrogen) atoms.